The van der Waals surface area contributed by atoms with Gasteiger partial charge in [0.25, 0.3) is 0 Å². The Hall–Kier alpha value is -1.51. The van der Waals surface area contributed by atoms with E-state index in [1.807, 2.05) is 7.05 Å². The van der Waals surface area contributed by atoms with Gasteiger partial charge in [-0.1, -0.05) is 19.9 Å². The van der Waals surface area contributed by atoms with Gasteiger partial charge in [-0.25, -0.2) is 4.98 Å². The van der Waals surface area contributed by atoms with Crippen molar-refractivity contribution < 1.29 is 0 Å². The summed E-state index contributed by atoms with van der Waals surface area (Å²) < 4.78 is 0. The highest BCUT2D eigenvalue weighted by molar-refractivity contribution is 5.78. The van der Waals surface area contributed by atoms with Crippen LogP contribution < -0.4 is 5.32 Å². The fourth-order valence-corrected chi connectivity index (χ4v) is 1.50. The second-order valence-corrected chi connectivity index (χ2v) is 3.77. The molecule has 14 heavy (non-hydrogen) atoms. The number of anilines is 1. The van der Waals surface area contributed by atoms with E-state index in [0.29, 0.717) is 5.92 Å². The van der Waals surface area contributed by atoms with E-state index in [-0.39, 0.29) is 0 Å². The first-order chi connectivity index (χ1) is 6.70. The van der Waals surface area contributed by atoms with Crippen LogP contribution in [0.5, 0.6) is 0 Å². The van der Waals surface area contributed by atoms with E-state index < -0.39 is 0 Å². The lowest BCUT2D eigenvalue weighted by atomic mass is 10.0. The molecule has 2 N–H and O–H groups in total. The third-order valence-corrected chi connectivity index (χ3v) is 2.41. The van der Waals surface area contributed by atoms with Crippen molar-refractivity contribution in [3.8, 4) is 0 Å². The minimum atomic E-state index is 0.556. The number of aromatic nitrogens is 2. The van der Waals surface area contributed by atoms with Crippen molar-refractivity contribution in [3.05, 3.63) is 23.8 Å². The summed E-state index contributed by atoms with van der Waals surface area (Å²) in [6, 6.07) is 6.35. The number of hydrogen-bond acceptors (Lipinski definition) is 2. The average molecular weight is 189 g/mol. The van der Waals surface area contributed by atoms with Crippen LogP contribution in [0.15, 0.2) is 18.2 Å². The number of aromatic amines is 1. The Morgan fingerprint density at radius 2 is 2.14 bits per heavy atom. The Labute approximate surface area is 83.6 Å². The molecule has 2 rings (SSSR count). The zero-order valence-electron chi connectivity index (χ0n) is 8.76. The van der Waals surface area contributed by atoms with Crippen LogP contribution in [0.3, 0.4) is 0 Å². The Kier molecular flexibility index (Phi) is 2.15. The standard InChI is InChI=1S/C11H15N3/c1-7(2)8-4-5-9-10(6-8)14-11(12-3)13-9/h4-7H,1-3H3,(H2,12,13,14). The van der Waals surface area contributed by atoms with E-state index in [1.165, 1.54) is 5.56 Å². The third-order valence-electron chi connectivity index (χ3n) is 2.41. The molecular formula is C11H15N3. The number of rotatable bonds is 2. The normalized spacial score (nSPS) is 11.1. The van der Waals surface area contributed by atoms with Gasteiger partial charge >= 0.3 is 0 Å². The number of nitrogens with zero attached hydrogens (tertiary/aromatic N) is 1. The summed E-state index contributed by atoms with van der Waals surface area (Å²) in [5, 5.41) is 3.00. The zero-order valence-corrected chi connectivity index (χ0v) is 8.76. The molecule has 1 aromatic carbocycles. The fourth-order valence-electron chi connectivity index (χ4n) is 1.50. The highest BCUT2D eigenvalue weighted by atomic mass is 15.1. The van der Waals surface area contributed by atoms with Gasteiger partial charge in [0.15, 0.2) is 0 Å². The van der Waals surface area contributed by atoms with E-state index in [0.717, 1.165) is 17.0 Å². The van der Waals surface area contributed by atoms with Crippen LogP contribution in [0.4, 0.5) is 5.95 Å². The topological polar surface area (TPSA) is 40.7 Å². The van der Waals surface area contributed by atoms with Crippen molar-refractivity contribution in [2.75, 3.05) is 12.4 Å². The first-order valence-electron chi connectivity index (χ1n) is 4.88. The van der Waals surface area contributed by atoms with Crippen molar-refractivity contribution in [2.45, 2.75) is 19.8 Å². The molecule has 0 unspecified atom stereocenters. The predicted molar refractivity (Wildman–Crippen MR) is 59.7 cm³/mol. The summed E-state index contributed by atoms with van der Waals surface area (Å²) in [6.07, 6.45) is 0. The first-order valence-corrected chi connectivity index (χ1v) is 4.88. The number of imidazole rings is 1. The summed E-state index contributed by atoms with van der Waals surface area (Å²) in [5.41, 5.74) is 3.45. The molecule has 74 valence electrons. The monoisotopic (exact) mass is 189 g/mol. The van der Waals surface area contributed by atoms with Gasteiger partial charge in [-0.15, -0.1) is 0 Å². The summed E-state index contributed by atoms with van der Waals surface area (Å²) in [5.74, 6) is 1.38. The molecule has 0 amide bonds. The van der Waals surface area contributed by atoms with Gasteiger partial charge in [0.05, 0.1) is 11.0 Å². The quantitative estimate of drug-likeness (QED) is 0.762. The van der Waals surface area contributed by atoms with E-state index in [4.69, 9.17) is 0 Å². The lowest BCUT2D eigenvalue weighted by Gasteiger charge is -2.03. The fraction of sp³-hybridized carbons (Fsp3) is 0.364. The predicted octanol–water partition coefficient (Wildman–Crippen LogP) is 2.73. The number of hydrogen-bond donors (Lipinski definition) is 2. The largest absolute Gasteiger partial charge is 0.359 e. The molecule has 3 heteroatoms. The minimum Gasteiger partial charge on any atom is -0.359 e. The van der Waals surface area contributed by atoms with E-state index >= 15 is 0 Å². The molecule has 0 atom stereocenters. The molecule has 0 aliphatic heterocycles. The van der Waals surface area contributed by atoms with Gasteiger partial charge in [0.2, 0.25) is 5.95 Å². The maximum absolute atomic E-state index is 4.36. The Morgan fingerprint density at radius 3 is 2.79 bits per heavy atom. The van der Waals surface area contributed by atoms with Crippen LogP contribution >= 0.6 is 0 Å². The average Bonchev–Trinajstić information content (AvgIpc) is 2.58. The molecule has 0 fully saturated rings. The zero-order chi connectivity index (χ0) is 10.1. The van der Waals surface area contributed by atoms with E-state index in [9.17, 15) is 0 Å². The molecule has 3 nitrogen and oxygen atoms in total. The smallest absolute Gasteiger partial charge is 0.200 e. The number of benzene rings is 1. The van der Waals surface area contributed by atoms with Crippen molar-refractivity contribution in [1.29, 1.82) is 0 Å². The molecule has 0 saturated carbocycles. The maximum atomic E-state index is 4.36. The second-order valence-electron chi connectivity index (χ2n) is 3.77. The molecule has 0 aliphatic carbocycles. The molecule has 2 aromatic rings. The Balaban J connectivity index is 2.54. The molecule has 0 aliphatic rings. The third kappa shape index (κ3) is 1.45. The van der Waals surface area contributed by atoms with Crippen molar-refractivity contribution in [3.63, 3.8) is 0 Å². The molecule has 1 aromatic heterocycles. The maximum Gasteiger partial charge on any atom is 0.200 e. The van der Waals surface area contributed by atoms with Gasteiger partial charge in [0, 0.05) is 7.05 Å². The van der Waals surface area contributed by atoms with Crippen LogP contribution in [-0.2, 0) is 0 Å². The molecular weight excluding hydrogens is 174 g/mol. The van der Waals surface area contributed by atoms with Crippen molar-refractivity contribution in [2.24, 2.45) is 0 Å². The van der Waals surface area contributed by atoms with Crippen LogP contribution in [0.25, 0.3) is 11.0 Å². The molecule has 0 saturated heterocycles. The lowest BCUT2D eigenvalue weighted by Crippen LogP contribution is -1.88. The van der Waals surface area contributed by atoms with Crippen molar-refractivity contribution >= 4 is 17.0 Å². The van der Waals surface area contributed by atoms with E-state index in [1.54, 1.807) is 0 Å². The van der Waals surface area contributed by atoms with Crippen molar-refractivity contribution in [1.82, 2.24) is 9.97 Å². The van der Waals surface area contributed by atoms with Gasteiger partial charge in [-0.2, -0.15) is 0 Å². The lowest BCUT2D eigenvalue weighted by molar-refractivity contribution is 0.868. The summed E-state index contributed by atoms with van der Waals surface area (Å²) in [7, 11) is 1.86. The SMILES string of the molecule is CNc1nc2ccc(C(C)C)cc2[nH]1. The number of H-pyrrole nitrogens is 1. The molecule has 0 radical (unpaired) electrons. The summed E-state index contributed by atoms with van der Waals surface area (Å²) >= 11 is 0. The van der Waals surface area contributed by atoms with Crippen LogP contribution in [-0.4, -0.2) is 17.0 Å². The van der Waals surface area contributed by atoms with Gasteiger partial charge in [-0.3, -0.25) is 0 Å². The van der Waals surface area contributed by atoms with Crippen LogP contribution in [0, 0.1) is 0 Å². The summed E-state index contributed by atoms with van der Waals surface area (Å²) in [4.78, 5) is 7.58. The van der Waals surface area contributed by atoms with E-state index in [2.05, 4.69) is 47.3 Å². The highest BCUT2D eigenvalue weighted by Gasteiger charge is 2.04. The first kappa shape index (κ1) is 9.06. The van der Waals surface area contributed by atoms with Gasteiger partial charge in [0.1, 0.15) is 0 Å². The highest BCUT2D eigenvalue weighted by Crippen LogP contribution is 2.20. The Morgan fingerprint density at radius 1 is 1.36 bits per heavy atom. The molecule has 1 heterocycles. The summed E-state index contributed by atoms with van der Waals surface area (Å²) in [6.45, 7) is 4.38. The van der Waals surface area contributed by atoms with Gasteiger partial charge in [-0.05, 0) is 23.6 Å². The minimum absolute atomic E-state index is 0.556. The molecule has 0 bridgehead atoms. The number of fused-ring (bicyclic) bond motifs is 1. The number of nitrogens with one attached hydrogen (secondary N) is 2. The molecule has 0 spiro atoms. The van der Waals surface area contributed by atoms with Crippen LogP contribution in [0.2, 0.25) is 0 Å². The second kappa shape index (κ2) is 3.33. The van der Waals surface area contributed by atoms with Gasteiger partial charge < -0.3 is 10.3 Å². The Bertz CT molecular complexity index is 443. The van der Waals surface area contributed by atoms with Crippen LogP contribution in [0.1, 0.15) is 25.3 Å².